The van der Waals surface area contributed by atoms with Crippen molar-refractivity contribution >= 4 is 28.7 Å². The van der Waals surface area contributed by atoms with E-state index in [0.717, 1.165) is 37.1 Å². The molecule has 0 unspecified atom stereocenters. The molecule has 0 atom stereocenters. The van der Waals surface area contributed by atoms with Crippen LogP contribution < -0.4 is 5.73 Å². The summed E-state index contributed by atoms with van der Waals surface area (Å²) in [4.78, 5) is 22.2. The minimum atomic E-state index is -2.69. The maximum atomic E-state index is 13.4. The fourth-order valence-electron chi connectivity index (χ4n) is 5.26. The van der Waals surface area contributed by atoms with E-state index in [4.69, 9.17) is 5.73 Å². The molecular weight excluding hydrogens is 462 g/mol. The Morgan fingerprint density at radius 1 is 1.17 bits per heavy atom. The second-order valence-corrected chi connectivity index (χ2v) is 9.69. The van der Waals surface area contributed by atoms with Crippen molar-refractivity contribution in [2.75, 3.05) is 25.9 Å². The molecule has 36 heavy (non-hydrogen) atoms. The Balaban J connectivity index is 1.25. The summed E-state index contributed by atoms with van der Waals surface area (Å²) < 4.78 is 27.4. The number of ketones is 1. The van der Waals surface area contributed by atoms with E-state index in [1.54, 1.807) is 18.2 Å². The van der Waals surface area contributed by atoms with Gasteiger partial charge >= 0.3 is 0 Å². The molecule has 9 heteroatoms. The largest absolute Gasteiger partial charge is 0.383 e. The Hall–Kier alpha value is -3.85. The molecule has 1 aliphatic heterocycles. The molecule has 3 N–H and O–H groups in total. The summed E-state index contributed by atoms with van der Waals surface area (Å²) >= 11 is 0. The van der Waals surface area contributed by atoms with Gasteiger partial charge in [-0.15, -0.1) is 0 Å². The van der Waals surface area contributed by atoms with Crippen molar-refractivity contribution in [2.24, 2.45) is 0 Å². The summed E-state index contributed by atoms with van der Waals surface area (Å²) in [5.41, 5.74) is 12.3. The summed E-state index contributed by atoms with van der Waals surface area (Å²) in [5, 5.41) is 4.31. The maximum absolute atomic E-state index is 13.4. The Kier molecular flexibility index (Phi) is 5.44. The summed E-state index contributed by atoms with van der Waals surface area (Å²) in [6.07, 6.45) is 3.60. The monoisotopic (exact) mass is 488 g/mol. The number of aromatic nitrogens is 4. The van der Waals surface area contributed by atoms with Crippen molar-refractivity contribution in [3.63, 3.8) is 0 Å². The minimum Gasteiger partial charge on any atom is -0.383 e. The highest BCUT2D eigenvalue weighted by atomic mass is 19.3. The number of nitrogen functional groups attached to an aromatic ring is 1. The maximum Gasteiger partial charge on any atom is 0.295 e. The lowest BCUT2D eigenvalue weighted by Gasteiger charge is -2.29. The standard InChI is InChI=1S/C27H26F2N6O/c1-34-8-6-15(7-9-34)16-2-3-17-11-19(12-18(17)10-16)24(36)21-14-31-35(26(21)30)20-4-5-22-23(13-20)33-27(32-22)25(28)29/h2-5,10,12-15,25H,6-9,11,30H2,1H3,(H,32,33). The number of benzene rings is 2. The number of anilines is 1. The third-order valence-electron chi connectivity index (χ3n) is 7.35. The van der Waals surface area contributed by atoms with Crippen molar-refractivity contribution in [3.8, 4) is 5.69 Å². The molecule has 3 heterocycles. The SMILES string of the molecule is CN1CCC(c2ccc3c(c2)C=C(C(=O)c2cnn(-c4ccc5nc(C(F)F)[nH]c5c4)c2N)C3)CC1. The van der Waals surface area contributed by atoms with Crippen LogP contribution in [-0.2, 0) is 6.42 Å². The third-order valence-corrected chi connectivity index (χ3v) is 7.35. The van der Waals surface area contributed by atoms with E-state index in [9.17, 15) is 13.6 Å². The molecule has 2 aromatic carbocycles. The molecule has 7 nitrogen and oxygen atoms in total. The number of halogens is 2. The van der Waals surface area contributed by atoms with Crippen molar-refractivity contribution in [1.29, 1.82) is 0 Å². The van der Waals surface area contributed by atoms with Crippen LogP contribution in [0.25, 0.3) is 22.8 Å². The number of carbonyl (C=O) groups is 1. The first kappa shape index (κ1) is 22.6. The van der Waals surface area contributed by atoms with Crippen LogP contribution in [-0.4, -0.2) is 50.6 Å². The summed E-state index contributed by atoms with van der Waals surface area (Å²) in [7, 11) is 2.16. The van der Waals surface area contributed by atoms with Crippen LogP contribution >= 0.6 is 0 Å². The zero-order valence-electron chi connectivity index (χ0n) is 19.8. The van der Waals surface area contributed by atoms with Gasteiger partial charge < -0.3 is 15.6 Å². The lowest BCUT2D eigenvalue weighted by atomic mass is 9.88. The van der Waals surface area contributed by atoms with Crippen LogP contribution in [0.3, 0.4) is 0 Å². The number of likely N-dealkylation sites (tertiary alicyclic amines) is 1. The number of rotatable bonds is 5. The minimum absolute atomic E-state index is 0.154. The predicted molar refractivity (Wildman–Crippen MR) is 135 cm³/mol. The van der Waals surface area contributed by atoms with Gasteiger partial charge in [-0.3, -0.25) is 4.79 Å². The van der Waals surface area contributed by atoms with Gasteiger partial charge in [0.2, 0.25) is 0 Å². The first-order valence-electron chi connectivity index (χ1n) is 12.1. The van der Waals surface area contributed by atoms with Gasteiger partial charge in [-0.05, 0) is 79.9 Å². The molecule has 1 saturated heterocycles. The molecule has 4 aromatic rings. The van der Waals surface area contributed by atoms with Gasteiger partial charge in [0.1, 0.15) is 5.82 Å². The number of nitrogens with two attached hydrogens (primary N) is 1. The molecular formula is C27H26F2N6O. The Morgan fingerprint density at radius 2 is 1.97 bits per heavy atom. The number of nitrogens with zero attached hydrogens (tertiary/aromatic N) is 4. The molecule has 0 radical (unpaired) electrons. The van der Waals surface area contributed by atoms with Crippen LogP contribution in [0.2, 0.25) is 0 Å². The van der Waals surface area contributed by atoms with Crippen LogP contribution in [0.4, 0.5) is 14.6 Å². The van der Waals surface area contributed by atoms with Gasteiger partial charge in [0, 0.05) is 12.0 Å². The number of H-pyrrole nitrogens is 1. The molecule has 2 aromatic heterocycles. The normalized spacial score (nSPS) is 16.6. The number of fused-ring (bicyclic) bond motifs is 2. The van der Waals surface area contributed by atoms with E-state index in [2.05, 4.69) is 45.2 Å². The number of aromatic amines is 1. The average molecular weight is 489 g/mol. The Labute approximate surface area is 206 Å². The second-order valence-electron chi connectivity index (χ2n) is 9.69. The number of hydrogen-bond donors (Lipinski definition) is 2. The molecule has 0 amide bonds. The van der Waals surface area contributed by atoms with Crippen molar-refractivity contribution < 1.29 is 13.6 Å². The topological polar surface area (TPSA) is 92.8 Å². The molecule has 184 valence electrons. The summed E-state index contributed by atoms with van der Waals surface area (Å²) in [6.45, 7) is 2.20. The van der Waals surface area contributed by atoms with E-state index in [-0.39, 0.29) is 11.6 Å². The molecule has 1 fully saturated rings. The second kappa shape index (κ2) is 8.67. The molecule has 0 spiro atoms. The molecule has 0 bridgehead atoms. The number of nitrogens with one attached hydrogen (secondary N) is 1. The quantitative estimate of drug-likeness (QED) is 0.390. The van der Waals surface area contributed by atoms with Gasteiger partial charge in [-0.25, -0.2) is 18.4 Å². The van der Waals surface area contributed by atoms with E-state index < -0.39 is 12.2 Å². The highest BCUT2D eigenvalue weighted by Crippen LogP contribution is 2.34. The number of Topliss-reactive ketones (excluding diaryl/α,β-unsaturated/α-hetero) is 1. The fraction of sp³-hybridized carbons (Fsp3) is 0.296. The number of alkyl halides is 2. The van der Waals surface area contributed by atoms with Gasteiger partial charge in [0.25, 0.3) is 6.43 Å². The van der Waals surface area contributed by atoms with Gasteiger partial charge in [-0.1, -0.05) is 18.2 Å². The Bertz CT molecular complexity index is 1510. The number of hydrogen-bond acceptors (Lipinski definition) is 5. The predicted octanol–water partition coefficient (Wildman–Crippen LogP) is 4.90. The van der Waals surface area contributed by atoms with Crippen LogP contribution in [0, 0.1) is 0 Å². The Morgan fingerprint density at radius 3 is 2.75 bits per heavy atom. The van der Waals surface area contributed by atoms with Crippen molar-refractivity contribution in [3.05, 3.63) is 76.2 Å². The lowest BCUT2D eigenvalue weighted by Crippen LogP contribution is -2.29. The van der Waals surface area contributed by atoms with Gasteiger partial charge in [0.05, 0.1) is 28.5 Å². The van der Waals surface area contributed by atoms with Crippen molar-refractivity contribution in [1.82, 2.24) is 24.6 Å². The molecule has 2 aliphatic rings. The molecule has 6 rings (SSSR count). The van der Waals surface area contributed by atoms with Gasteiger partial charge in [0.15, 0.2) is 11.6 Å². The van der Waals surface area contributed by atoms with Crippen LogP contribution in [0.1, 0.15) is 58.1 Å². The summed E-state index contributed by atoms with van der Waals surface area (Å²) in [5.74, 6) is 0.214. The molecule has 1 aliphatic carbocycles. The number of piperidine rings is 1. The fourth-order valence-corrected chi connectivity index (χ4v) is 5.26. The average Bonchev–Trinajstić information content (AvgIpc) is 3.59. The van der Waals surface area contributed by atoms with Gasteiger partial charge in [-0.2, -0.15) is 5.10 Å². The van der Waals surface area contributed by atoms with Crippen molar-refractivity contribution in [2.45, 2.75) is 31.6 Å². The van der Waals surface area contributed by atoms with E-state index >= 15 is 0 Å². The number of imidazole rings is 1. The smallest absolute Gasteiger partial charge is 0.295 e. The van der Waals surface area contributed by atoms with E-state index in [1.165, 1.54) is 16.4 Å². The summed E-state index contributed by atoms with van der Waals surface area (Å²) in [6, 6.07) is 11.5. The first-order chi connectivity index (χ1) is 17.4. The van der Waals surface area contributed by atoms with E-state index in [1.807, 2.05) is 6.08 Å². The third kappa shape index (κ3) is 3.89. The zero-order chi connectivity index (χ0) is 25.0. The molecule has 0 saturated carbocycles. The lowest BCUT2D eigenvalue weighted by molar-refractivity contribution is 0.103. The highest BCUT2D eigenvalue weighted by Gasteiger charge is 2.26. The number of allylic oxidation sites excluding steroid dienone is 1. The van der Waals surface area contributed by atoms with E-state index in [0.29, 0.717) is 40.2 Å². The zero-order valence-corrected chi connectivity index (χ0v) is 19.8. The highest BCUT2D eigenvalue weighted by molar-refractivity contribution is 6.15. The first-order valence-corrected chi connectivity index (χ1v) is 12.1. The number of carbonyl (C=O) groups excluding carboxylic acids is 1. The van der Waals surface area contributed by atoms with Crippen LogP contribution in [0.5, 0.6) is 0 Å². The van der Waals surface area contributed by atoms with Crippen LogP contribution in [0.15, 0.2) is 48.2 Å².